The lowest BCUT2D eigenvalue weighted by Gasteiger charge is -2.27. The second-order valence-electron chi connectivity index (χ2n) is 4.37. The van der Waals surface area contributed by atoms with Gasteiger partial charge in [-0.3, -0.25) is 9.88 Å². The van der Waals surface area contributed by atoms with Gasteiger partial charge in [0.2, 0.25) is 0 Å². The first-order chi connectivity index (χ1) is 8.54. The highest BCUT2D eigenvalue weighted by molar-refractivity contribution is 5.30. The highest BCUT2D eigenvalue weighted by Crippen LogP contribution is 2.27. The maximum atomic E-state index is 12.2. The predicted octanol–water partition coefficient (Wildman–Crippen LogP) is 2.97. The van der Waals surface area contributed by atoms with Gasteiger partial charge >= 0.3 is 6.36 Å². The first-order valence-electron chi connectivity index (χ1n) is 5.95. The van der Waals surface area contributed by atoms with Gasteiger partial charge in [-0.1, -0.05) is 6.42 Å². The Kier molecular flexibility index (Phi) is 4.06. The van der Waals surface area contributed by atoms with E-state index < -0.39 is 6.36 Å². The minimum atomic E-state index is -4.65. The van der Waals surface area contributed by atoms with Crippen molar-refractivity contribution in [3.63, 3.8) is 0 Å². The van der Waals surface area contributed by atoms with Gasteiger partial charge in [-0.2, -0.15) is 0 Å². The predicted molar refractivity (Wildman–Crippen MR) is 60.0 cm³/mol. The van der Waals surface area contributed by atoms with Crippen LogP contribution in [0.2, 0.25) is 0 Å². The Bertz CT molecular complexity index is 389. The third kappa shape index (κ3) is 3.87. The molecular weight excluding hydrogens is 245 g/mol. The highest BCUT2D eigenvalue weighted by Gasteiger charge is 2.32. The zero-order chi connectivity index (χ0) is 13.0. The second-order valence-corrected chi connectivity index (χ2v) is 4.37. The highest BCUT2D eigenvalue weighted by atomic mass is 19.4. The molecule has 1 aliphatic rings. The minimum Gasteiger partial charge on any atom is -0.405 e. The summed E-state index contributed by atoms with van der Waals surface area (Å²) in [7, 11) is 0. The molecule has 100 valence electrons. The van der Waals surface area contributed by atoms with Gasteiger partial charge in [0, 0.05) is 24.5 Å². The standard InChI is InChI=1S/C12H15F3N2O/c13-12(14,15)18-11-4-5-16-8-10(11)9-17-6-2-1-3-7-17/h4-5,8H,1-3,6-7,9H2. The summed E-state index contributed by atoms with van der Waals surface area (Å²) in [6.07, 6.45) is 1.47. The van der Waals surface area contributed by atoms with Crippen molar-refractivity contribution in [3.8, 4) is 5.75 Å². The smallest absolute Gasteiger partial charge is 0.405 e. The molecule has 0 radical (unpaired) electrons. The van der Waals surface area contributed by atoms with E-state index in [0.717, 1.165) is 25.9 Å². The molecule has 1 saturated heterocycles. The van der Waals surface area contributed by atoms with E-state index in [1.54, 1.807) is 0 Å². The number of hydrogen-bond donors (Lipinski definition) is 0. The number of ether oxygens (including phenoxy) is 1. The van der Waals surface area contributed by atoms with Crippen LogP contribution in [-0.2, 0) is 6.54 Å². The number of aromatic nitrogens is 1. The minimum absolute atomic E-state index is 0.150. The van der Waals surface area contributed by atoms with E-state index >= 15 is 0 Å². The van der Waals surface area contributed by atoms with Gasteiger partial charge in [-0.25, -0.2) is 0 Å². The van der Waals surface area contributed by atoms with Crippen molar-refractivity contribution in [2.75, 3.05) is 13.1 Å². The third-order valence-electron chi connectivity index (χ3n) is 2.93. The summed E-state index contributed by atoms with van der Waals surface area (Å²) < 4.78 is 40.7. The Morgan fingerprint density at radius 1 is 1.22 bits per heavy atom. The van der Waals surface area contributed by atoms with Crippen LogP contribution in [0.1, 0.15) is 24.8 Å². The van der Waals surface area contributed by atoms with Crippen LogP contribution in [-0.4, -0.2) is 29.3 Å². The summed E-state index contributed by atoms with van der Waals surface area (Å²) in [5.74, 6) is -0.150. The summed E-state index contributed by atoms with van der Waals surface area (Å²) >= 11 is 0. The Balaban J connectivity index is 2.06. The van der Waals surface area contributed by atoms with E-state index in [2.05, 4.69) is 14.6 Å². The molecule has 0 bridgehead atoms. The van der Waals surface area contributed by atoms with Crippen LogP contribution < -0.4 is 4.74 Å². The zero-order valence-corrected chi connectivity index (χ0v) is 9.91. The lowest BCUT2D eigenvalue weighted by Crippen LogP contribution is -2.29. The molecule has 1 fully saturated rings. The Morgan fingerprint density at radius 3 is 2.61 bits per heavy atom. The van der Waals surface area contributed by atoms with Gasteiger partial charge in [0.05, 0.1) is 0 Å². The van der Waals surface area contributed by atoms with Crippen molar-refractivity contribution in [1.82, 2.24) is 9.88 Å². The van der Waals surface area contributed by atoms with Crippen molar-refractivity contribution in [2.45, 2.75) is 32.2 Å². The number of nitrogens with zero attached hydrogens (tertiary/aromatic N) is 2. The Hall–Kier alpha value is -1.30. The SMILES string of the molecule is FC(F)(F)Oc1ccncc1CN1CCCCC1. The number of hydrogen-bond acceptors (Lipinski definition) is 3. The second kappa shape index (κ2) is 5.56. The van der Waals surface area contributed by atoms with Crippen LogP contribution >= 0.6 is 0 Å². The van der Waals surface area contributed by atoms with Gasteiger partial charge in [0.25, 0.3) is 0 Å². The maximum absolute atomic E-state index is 12.2. The molecule has 2 heterocycles. The first-order valence-corrected chi connectivity index (χ1v) is 5.95. The van der Waals surface area contributed by atoms with Crippen molar-refractivity contribution in [1.29, 1.82) is 0 Å². The summed E-state index contributed by atoms with van der Waals surface area (Å²) in [5.41, 5.74) is 0.483. The van der Waals surface area contributed by atoms with Crippen LogP contribution in [0, 0.1) is 0 Å². The molecule has 2 rings (SSSR count). The molecule has 1 aliphatic heterocycles. The first kappa shape index (κ1) is 13.1. The fraction of sp³-hybridized carbons (Fsp3) is 0.583. The Labute approximate surface area is 104 Å². The van der Waals surface area contributed by atoms with E-state index in [9.17, 15) is 13.2 Å². The van der Waals surface area contributed by atoms with Crippen LogP contribution in [0.5, 0.6) is 5.75 Å². The average molecular weight is 260 g/mol. The van der Waals surface area contributed by atoms with Crippen LogP contribution in [0.25, 0.3) is 0 Å². The molecule has 0 saturated carbocycles. The van der Waals surface area contributed by atoms with Crippen molar-refractivity contribution in [2.24, 2.45) is 0 Å². The summed E-state index contributed by atoms with van der Waals surface area (Å²) in [6, 6.07) is 1.26. The number of alkyl halides is 3. The largest absolute Gasteiger partial charge is 0.573 e. The van der Waals surface area contributed by atoms with Gasteiger partial charge < -0.3 is 4.74 Å². The van der Waals surface area contributed by atoms with Crippen LogP contribution in [0.15, 0.2) is 18.5 Å². The van der Waals surface area contributed by atoms with E-state index in [0.29, 0.717) is 12.1 Å². The molecule has 18 heavy (non-hydrogen) atoms. The maximum Gasteiger partial charge on any atom is 0.573 e. The average Bonchev–Trinajstić information content (AvgIpc) is 2.31. The molecule has 0 N–H and O–H groups in total. The molecule has 1 aromatic rings. The monoisotopic (exact) mass is 260 g/mol. The molecule has 1 aromatic heterocycles. The van der Waals surface area contributed by atoms with E-state index in [1.807, 2.05) is 0 Å². The summed E-state index contributed by atoms with van der Waals surface area (Å²) in [5, 5.41) is 0. The van der Waals surface area contributed by atoms with Gasteiger partial charge in [-0.05, 0) is 32.0 Å². The molecule has 6 heteroatoms. The van der Waals surface area contributed by atoms with Gasteiger partial charge in [0.15, 0.2) is 0 Å². The molecule has 0 spiro atoms. The summed E-state index contributed by atoms with van der Waals surface area (Å²) in [6.45, 7) is 2.29. The quantitative estimate of drug-likeness (QED) is 0.835. The molecule has 3 nitrogen and oxygen atoms in total. The fourth-order valence-electron chi connectivity index (χ4n) is 2.12. The summed E-state index contributed by atoms with van der Waals surface area (Å²) in [4.78, 5) is 6.00. The van der Waals surface area contributed by atoms with Crippen molar-refractivity contribution in [3.05, 3.63) is 24.0 Å². The molecular formula is C12H15F3N2O. The number of likely N-dealkylation sites (tertiary alicyclic amines) is 1. The number of piperidine rings is 1. The van der Waals surface area contributed by atoms with Gasteiger partial charge in [-0.15, -0.1) is 13.2 Å². The van der Waals surface area contributed by atoms with E-state index in [-0.39, 0.29) is 5.75 Å². The topological polar surface area (TPSA) is 25.4 Å². The lowest BCUT2D eigenvalue weighted by molar-refractivity contribution is -0.275. The van der Waals surface area contributed by atoms with Crippen LogP contribution in [0.4, 0.5) is 13.2 Å². The number of pyridine rings is 1. The van der Waals surface area contributed by atoms with E-state index in [4.69, 9.17) is 0 Å². The number of rotatable bonds is 3. The van der Waals surface area contributed by atoms with E-state index in [1.165, 1.54) is 24.9 Å². The Morgan fingerprint density at radius 2 is 1.94 bits per heavy atom. The van der Waals surface area contributed by atoms with Crippen molar-refractivity contribution < 1.29 is 17.9 Å². The lowest BCUT2D eigenvalue weighted by atomic mass is 10.1. The fourth-order valence-corrected chi connectivity index (χ4v) is 2.12. The molecule has 0 unspecified atom stereocenters. The molecule has 0 aromatic carbocycles. The number of halogens is 3. The molecule has 0 aliphatic carbocycles. The normalized spacial score (nSPS) is 17.7. The zero-order valence-electron chi connectivity index (χ0n) is 9.91. The van der Waals surface area contributed by atoms with Crippen molar-refractivity contribution >= 4 is 0 Å². The van der Waals surface area contributed by atoms with Gasteiger partial charge in [0.1, 0.15) is 5.75 Å². The van der Waals surface area contributed by atoms with Crippen LogP contribution in [0.3, 0.4) is 0 Å². The molecule has 0 atom stereocenters. The molecule has 0 amide bonds. The third-order valence-corrected chi connectivity index (χ3v) is 2.93.